The minimum Gasteiger partial charge on any atom is -0.355 e. The van der Waals surface area contributed by atoms with Gasteiger partial charge in [-0.25, -0.2) is 4.39 Å². The number of nitrogens with zero attached hydrogens (tertiary/aromatic N) is 2. The number of likely N-dealkylation sites (N-methyl/N-ethyl adjacent to an activating group) is 1. The summed E-state index contributed by atoms with van der Waals surface area (Å²) in [5.74, 6) is -0.385. The smallest absolute Gasteiger partial charge is 0.251 e. The van der Waals surface area contributed by atoms with Crippen molar-refractivity contribution in [3.63, 3.8) is 0 Å². The fourth-order valence-electron chi connectivity index (χ4n) is 3.21. The van der Waals surface area contributed by atoms with Crippen molar-refractivity contribution in [3.05, 3.63) is 71.0 Å². The topological polar surface area (TPSA) is 52.7 Å². The molecule has 148 valence electrons. The molecule has 2 amide bonds. The normalized spacial score (nSPS) is 13.4. The Morgan fingerprint density at radius 3 is 2.36 bits per heavy atom. The van der Waals surface area contributed by atoms with Gasteiger partial charge < -0.3 is 10.2 Å². The first-order valence-corrected chi connectivity index (χ1v) is 9.50. The van der Waals surface area contributed by atoms with Crippen molar-refractivity contribution in [1.29, 1.82) is 0 Å². The van der Waals surface area contributed by atoms with E-state index in [9.17, 15) is 14.0 Å². The van der Waals surface area contributed by atoms with Crippen molar-refractivity contribution >= 4 is 11.8 Å². The number of halogens is 1. The van der Waals surface area contributed by atoms with Crippen molar-refractivity contribution in [3.8, 4) is 0 Å². The van der Waals surface area contributed by atoms with Crippen molar-refractivity contribution < 1.29 is 14.0 Å². The van der Waals surface area contributed by atoms with Crippen LogP contribution < -0.4 is 5.32 Å². The van der Waals surface area contributed by atoms with Crippen LogP contribution in [-0.4, -0.2) is 48.3 Å². The van der Waals surface area contributed by atoms with Gasteiger partial charge in [-0.2, -0.15) is 0 Å². The van der Waals surface area contributed by atoms with Crippen LogP contribution in [0.2, 0.25) is 0 Å². The summed E-state index contributed by atoms with van der Waals surface area (Å²) in [6, 6.07) is 14.2. The monoisotopic (exact) mass is 383 g/mol. The Kier molecular flexibility index (Phi) is 6.41. The highest BCUT2D eigenvalue weighted by Gasteiger charge is 2.33. The molecule has 1 fully saturated rings. The van der Waals surface area contributed by atoms with E-state index in [1.165, 1.54) is 6.07 Å². The van der Waals surface area contributed by atoms with Crippen molar-refractivity contribution in [2.45, 2.75) is 32.0 Å². The van der Waals surface area contributed by atoms with E-state index in [1.807, 2.05) is 24.1 Å². The standard InChI is InChI=1S/C22H26FN3O2/c1-24-22(28)17-9-7-16(8-10-17)13-25(2)15-21(27)26(19-11-12-19)14-18-5-3-4-6-20(18)23/h3-10,19H,11-15H2,1-2H3,(H,24,28). The predicted octanol–water partition coefficient (Wildman–Crippen LogP) is 2.81. The molecular formula is C22H26FN3O2. The van der Waals surface area contributed by atoms with Gasteiger partial charge in [0.05, 0.1) is 6.54 Å². The lowest BCUT2D eigenvalue weighted by atomic mass is 10.1. The van der Waals surface area contributed by atoms with Crippen molar-refractivity contribution in [2.75, 3.05) is 20.6 Å². The summed E-state index contributed by atoms with van der Waals surface area (Å²) < 4.78 is 14.0. The second kappa shape index (κ2) is 8.97. The van der Waals surface area contributed by atoms with Crippen LogP contribution in [0.3, 0.4) is 0 Å². The third-order valence-corrected chi connectivity index (χ3v) is 4.91. The molecule has 0 aliphatic heterocycles. The molecule has 0 saturated heterocycles. The molecule has 0 heterocycles. The van der Waals surface area contributed by atoms with Gasteiger partial charge in [-0.3, -0.25) is 14.5 Å². The molecule has 1 aliphatic rings. The number of nitrogens with one attached hydrogen (secondary N) is 1. The van der Waals surface area contributed by atoms with Crippen molar-refractivity contribution in [2.24, 2.45) is 0 Å². The van der Waals surface area contributed by atoms with Crippen LogP contribution in [0.25, 0.3) is 0 Å². The summed E-state index contributed by atoms with van der Waals surface area (Å²) in [4.78, 5) is 28.2. The first-order valence-electron chi connectivity index (χ1n) is 9.50. The third-order valence-electron chi connectivity index (χ3n) is 4.91. The molecule has 1 saturated carbocycles. The van der Waals surface area contributed by atoms with Crippen LogP contribution in [0.5, 0.6) is 0 Å². The van der Waals surface area contributed by atoms with E-state index in [2.05, 4.69) is 5.32 Å². The minimum absolute atomic E-state index is 0.00948. The van der Waals surface area contributed by atoms with Gasteiger partial charge in [-0.15, -0.1) is 0 Å². The molecule has 5 nitrogen and oxygen atoms in total. The lowest BCUT2D eigenvalue weighted by molar-refractivity contribution is -0.133. The fraction of sp³-hybridized carbons (Fsp3) is 0.364. The molecule has 28 heavy (non-hydrogen) atoms. The van der Waals surface area contributed by atoms with Crippen LogP contribution in [0, 0.1) is 5.82 Å². The van der Waals surface area contributed by atoms with E-state index >= 15 is 0 Å². The van der Waals surface area contributed by atoms with Gasteiger partial charge >= 0.3 is 0 Å². The van der Waals surface area contributed by atoms with E-state index in [-0.39, 0.29) is 30.2 Å². The summed E-state index contributed by atoms with van der Waals surface area (Å²) in [6.45, 7) is 1.17. The molecule has 2 aromatic carbocycles. The third kappa shape index (κ3) is 5.16. The van der Waals surface area contributed by atoms with Crippen LogP contribution in [0.4, 0.5) is 4.39 Å². The van der Waals surface area contributed by atoms with Gasteiger partial charge in [0, 0.05) is 37.3 Å². The average Bonchev–Trinajstić information content (AvgIpc) is 3.52. The number of hydrogen-bond acceptors (Lipinski definition) is 3. The molecule has 3 rings (SSSR count). The molecule has 2 aromatic rings. The second-order valence-corrected chi connectivity index (χ2v) is 7.29. The largest absolute Gasteiger partial charge is 0.355 e. The van der Waals surface area contributed by atoms with Gasteiger partial charge in [0.15, 0.2) is 0 Å². The van der Waals surface area contributed by atoms with Crippen LogP contribution in [-0.2, 0) is 17.9 Å². The van der Waals surface area contributed by atoms with E-state index in [1.54, 1.807) is 42.3 Å². The maximum atomic E-state index is 14.0. The molecule has 0 radical (unpaired) electrons. The molecule has 0 unspecified atom stereocenters. The van der Waals surface area contributed by atoms with E-state index < -0.39 is 0 Å². The van der Waals surface area contributed by atoms with Gasteiger partial charge in [-0.05, 0) is 43.7 Å². The Labute approximate surface area is 165 Å². The summed E-state index contributed by atoms with van der Waals surface area (Å²) in [5, 5.41) is 2.59. The molecule has 0 spiro atoms. The first-order chi connectivity index (χ1) is 13.5. The lowest BCUT2D eigenvalue weighted by Crippen LogP contribution is -2.39. The second-order valence-electron chi connectivity index (χ2n) is 7.29. The molecule has 1 aliphatic carbocycles. The Hall–Kier alpha value is -2.73. The zero-order valence-corrected chi connectivity index (χ0v) is 16.3. The number of hydrogen-bond donors (Lipinski definition) is 1. The summed E-state index contributed by atoms with van der Waals surface area (Å²) in [6.07, 6.45) is 1.95. The quantitative estimate of drug-likeness (QED) is 0.763. The summed E-state index contributed by atoms with van der Waals surface area (Å²) >= 11 is 0. The number of amides is 2. The zero-order valence-electron chi connectivity index (χ0n) is 16.3. The van der Waals surface area contributed by atoms with Gasteiger partial charge in [-0.1, -0.05) is 30.3 Å². The Balaban J connectivity index is 1.59. The molecular weight excluding hydrogens is 357 g/mol. The molecule has 0 atom stereocenters. The summed E-state index contributed by atoms with van der Waals surface area (Å²) in [5.41, 5.74) is 2.18. The highest BCUT2D eigenvalue weighted by atomic mass is 19.1. The van der Waals surface area contributed by atoms with Crippen LogP contribution >= 0.6 is 0 Å². The predicted molar refractivity (Wildman–Crippen MR) is 106 cm³/mol. The highest BCUT2D eigenvalue weighted by Crippen LogP contribution is 2.29. The average molecular weight is 383 g/mol. The van der Waals surface area contributed by atoms with E-state index in [0.29, 0.717) is 24.2 Å². The molecule has 6 heteroatoms. The Morgan fingerprint density at radius 1 is 1.07 bits per heavy atom. The number of carbonyl (C=O) groups excluding carboxylic acids is 2. The number of carbonyl (C=O) groups is 2. The molecule has 0 aromatic heterocycles. The highest BCUT2D eigenvalue weighted by molar-refractivity contribution is 5.93. The zero-order chi connectivity index (χ0) is 20.1. The van der Waals surface area contributed by atoms with Crippen LogP contribution in [0.15, 0.2) is 48.5 Å². The minimum atomic E-state index is -0.273. The van der Waals surface area contributed by atoms with E-state index in [0.717, 1.165) is 18.4 Å². The molecule has 1 N–H and O–H groups in total. The van der Waals surface area contributed by atoms with Gasteiger partial charge in [0.1, 0.15) is 5.82 Å². The molecule has 0 bridgehead atoms. The van der Waals surface area contributed by atoms with Gasteiger partial charge in [0.2, 0.25) is 5.91 Å². The maximum Gasteiger partial charge on any atom is 0.251 e. The summed E-state index contributed by atoms with van der Waals surface area (Å²) in [7, 11) is 3.49. The SMILES string of the molecule is CNC(=O)c1ccc(CN(C)CC(=O)N(Cc2ccccc2F)C2CC2)cc1. The van der Waals surface area contributed by atoms with Crippen LogP contribution in [0.1, 0.15) is 34.3 Å². The van der Waals surface area contributed by atoms with E-state index in [4.69, 9.17) is 0 Å². The lowest BCUT2D eigenvalue weighted by Gasteiger charge is -2.26. The van der Waals surface area contributed by atoms with Crippen molar-refractivity contribution in [1.82, 2.24) is 15.1 Å². The Morgan fingerprint density at radius 2 is 1.75 bits per heavy atom. The van der Waals surface area contributed by atoms with Gasteiger partial charge in [0.25, 0.3) is 5.91 Å². The number of rotatable bonds is 8. The Bertz CT molecular complexity index is 834. The number of benzene rings is 2. The fourth-order valence-corrected chi connectivity index (χ4v) is 3.21. The first kappa shape index (κ1) is 20.0. The maximum absolute atomic E-state index is 14.0.